The largest absolute Gasteiger partial charge is 1.00 e. The van der Waals surface area contributed by atoms with Crippen LogP contribution in [0.2, 0.25) is 0 Å². The summed E-state index contributed by atoms with van der Waals surface area (Å²) in [5.74, 6) is 0. The van der Waals surface area contributed by atoms with Crippen LogP contribution in [0.15, 0.2) is 0 Å². The van der Waals surface area contributed by atoms with Gasteiger partial charge in [-0.2, -0.15) is 0 Å². The Hall–Kier alpha value is 1.51. The minimum absolute atomic E-state index is 0. The Morgan fingerprint density at radius 1 is 0.905 bits per heavy atom. The molecular weight excluding hydrogens is 315 g/mol. The Morgan fingerprint density at radius 3 is 1.81 bits per heavy atom. The number of rotatable bonds is 13. The second-order valence-electron chi connectivity index (χ2n) is 5.66. The van der Waals surface area contributed by atoms with Crippen LogP contribution in [0.5, 0.6) is 0 Å². The summed E-state index contributed by atoms with van der Waals surface area (Å²) in [6.07, 6.45) is 8.94. The van der Waals surface area contributed by atoms with E-state index in [9.17, 15) is 18.1 Å². The molecule has 4 nitrogen and oxygen atoms in total. The number of hydrogen-bond acceptors (Lipinski definition) is 4. The van der Waals surface area contributed by atoms with Crippen molar-refractivity contribution < 1.29 is 69.5 Å². The Bertz CT molecular complexity index is 320. The van der Waals surface area contributed by atoms with E-state index in [-0.39, 0.29) is 57.5 Å². The van der Waals surface area contributed by atoms with E-state index in [4.69, 9.17) is 0 Å². The molecule has 0 saturated carbocycles. The summed E-state index contributed by atoms with van der Waals surface area (Å²) in [5.41, 5.74) is 0. The van der Waals surface area contributed by atoms with Crippen LogP contribution in [-0.4, -0.2) is 29.4 Å². The molecule has 0 aromatic carbocycles. The maximum atomic E-state index is 11.2. The molecule has 0 radical (unpaired) electrons. The van der Waals surface area contributed by atoms with Gasteiger partial charge in [0.2, 0.25) is 0 Å². The summed E-state index contributed by atoms with van der Waals surface area (Å²) in [6, 6.07) is 0. The summed E-state index contributed by atoms with van der Waals surface area (Å²) in [4.78, 5) is 0. The Kier molecular flexibility index (Phi) is 17.8. The zero-order chi connectivity index (χ0) is 15.4. The molecule has 122 valence electrons. The Labute approximate surface area is 173 Å². The molecule has 0 aliphatic rings. The van der Waals surface area contributed by atoms with E-state index in [1.54, 1.807) is 0 Å². The molecule has 0 heterocycles. The standard InChI is InChI=1S/C15H32O4S.K/c1-3-5-8-12-15(20(17,18)19)13-10-7-6-9-11-14(16)4-2;/h14-16H,3-13H2,1-2H3,(H,17,18,19);/q;+1/p-1. The summed E-state index contributed by atoms with van der Waals surface area (Å²) in [6.45, 7) is 4.02. The molecule has 0 rings (SSSR count). The molecule has 0 spiro atoms. The molecule has 2 unspecified atom stereocenters. The fraction of sp³-hybridized carbons (Fsp3) is 1.00. The Morgan fingerprint density at radius 2 is 1.38 bits per heavy atom. The smallest absolute Gasteiger partial charge is 0.748 e. The van der Waals surface area contributed by atoms with Gasteiger partial charge in [-0.15, -0.1) is 0 Å². The van der Waals surface area contributed by atoms with Crippen LogP contribution in [0, 0.1) is 0 Å². The van der Waals surface area contributed by atoms with E-state index in [2.05, 4.69) is 6.92 Å². The van der Waals surface area contributed by atoms with Gasteiger partial charge in [-0.1, -0.05) is 58.8 Å². The van der Waals surface area contributed by atoms with Gasteiger partial charge in [0.05, 0.1) is 16.2 Å². The topological polar surface area (TPSA) is 77.4 Å². The van der Waals surface area contributed by atoms with Gasteiger partial charge in [-0.3, -0.25) is 0 Å². The van der Waals surface area contributed by atoms with Gasteiger partial charge < -0.3 is 9.66 Å². The zero-order valence-electron chi connectivity index (χ0n) is 14.0. The molecule has 0 aromatic rings. The molecule has 0 fully saturated rings. The maximum absolute atomic E-state index is 11.2. The normalized spacial score (nSPS) is 14.5. The van der Waals surface area contributed by atoms with Crippen molar-refractivity contribution in [1.82, 2.24) is 0 Å². The molecule has 2 atom stereocenters. The quantitative estimate of drug-likeness (QED) is 0.301. The van der Waals surface area contributed by atoms with Crippen molar-refractivity contribution in [1.29, 1.82) is 0 Å². The zero-order valence-corrected chi connectivity index (χ0v) is 18.0. The predicted octanol–water partition coefficient (Wildman–Crippen LogP) is 0.596. The van der Waals surface area contributed by atoms with Crippen LogP contribution in [0.25, 0.3) is 0 Å². The third-order valence-electron chi connectivity index (χ3n) is 3.82. The number of hydrogen-bond donors (Lipinski definition) is 1. The SMILES string of the molecule is CCCCCC(CCCCCCC(O)CC)S(=O)(=O)[O-].[K+]. The van der Waals surface area contributed by atoms with Crippen molar-refractivity contribution in [3.05, 3.63) is 0 Å². The molecule has 0 aliphatic carbocycles. The van der Waals surface area contributed by atoms with Crippen LogP contribution in [0.3, 0.4) is 0 Å². The molecule has 0 aliphatic heterocycles. The second-order valence-corrected chi connectivity index (χ2v) is 7.32. The summed E-state index contributed by atoms with van der Waals surface area (Å²) in [7, 11) is -4.15. The van der Waals surface area contributed by atoms with Crippen molar-refractivity contribution in [2.24, 2.45) is 0 Å². The molecule has 0 saturated heterocycles. The molecule has 0 aromatic heterocycles. The predicted molar refractivity (Wildman–Crippen MR) is 81.6 cm³/mol. The van der Waals surface area contributed by atoms with Gasteiger partial charge >= 0.3 is 51.4 Å². The minimum Gasteiger partial charge on any atom is -0.748 e. The fourth-order valence-electron chi connectivity index (χ4n) is 2.36. The van der Waals surface area contributed by atoms with Crippen LogP contribution < -0.4 is 51.4 Å². The molecule has 21 heavy (non-hydrogen) atoms. The van der Waals surface area contributed by atoms with Crippen LogP contribution >= 0.6 is 0 Å². The summed E-state index contributed by atoms with van der Waals surface area (Å²) in [5, 5.41) is 8.71. The third kappa shape index (κ3) is 14.8. The van der Waals surface area contributed by atoms with E-state index in [1.165, 1.54) is 0 Å². The molecule has 0 bridgehead atoms. The second kappa shape index (κ2) is 15.1. The molecule has 0 amide bonds. The molecular formula is C15H31KO4S. The van der Waals surface area contributed by atoms with Crippen molar-refractivity contribution in [2.45, 2.75) is 95.8 Å². The van der Waals surface area contributed by atoms with Gasteiger partial charge in [0, 0.05) is 5.25 Å². The van der Waals surface area contributed by atoms with Crippen molar-refractivity contribution in [3.63, 3.8) is 0 Å². The van der Waals surface area contributed by atoms with E-state index in [1.807, 2.05) is 6.92 Å². The van der Waals surface area contributed by atoms with Gasteiger partial charge in [-0.05, 0) is 25.7 Å². The summed E-state index contributed by atoms with van der Waals surface area (Å²) < 4.78 is 33.6. The van der Waals surface area contributed by atoms with E-state index < -0.39 is 15.4 Å². The Balaban J connectivity index is 0. The summed E-state index contributed by atoms with van der Waals surface area (Å²) >= 11 is 0. The van der Waals surface area contributed by atoms with Crippen LogP contribution in [0.1, 0.15) is 84.5 Å². The first-order chi connectivity index (χ1) is 9.41. The van der Waals surface area contributed by atoms with Gasteiger partial charge in [-0.25, -0.2) is 8.42 Å². The van der Waals surface area contributed by atoms with Crippen molar-refractivity contribution in [3.8, 4) is 0 Å². The third-order valence-corrected chi connectivity index (χ3v) is 5.11. The number of aliphatic hydroxyl groups excluding tert-OH is 1. The fourth-order valence-corrected chi connectivity index (χ4v) is 3.28. The average molecular weight is 347 g/mol. The minimum atomic E-state index is -4.15. The van der Waals surface area contributed by atoms with Gasteiger partial charge in [0.15, 0.2) is 0 Å². The van der Waals surface area contributed by atoms with E-state index in [0.717, 1.165) is 57.8 Å². The maximum Gasteiger partial charge on any atom is 1.00 e. The van der Waals surface area contributed by atoms with Gasteiger partial charge in [0.1, 0.15) is 0 Å². The average Bonchev–Trinajstić information content (AvgIpc) is 2.38. The number of aliphatic hydroxyl groups is 1. The number of unbranched alkanes of at least 4 members (excludes halogenated alkanes) is 5. The first-order valence-electron chi connectivity index (χ1n) is 8.04. The molecule has 1 N–H and O–H groups in total. The van der Waals surface area contributed by atoms with Crippen LogP contribution in [-0.2, 0) is 10.1 Å². The monoisotopic (exact) mass is 346 g/mol. The first-order valence-corrected chi connectivity index (χ1v) is 9.51. The van der Waals surface area contributed by atoms with Gasteiger partial charge in [0.25, 0.3) is 0 Å². The van der Waals surface area contributed by atoms with E-state index >= 15 is 0 Å². The van der Waals surface area contributed by atoms with Crippen molar-refractivity contribution in [2.75, 3.05) is 0 Å². The van der Waals surface area contributed by atoms with Crippen LogP contribution in [0.4, 0.5) is 0 Å². The molecule has 6 heteroatoms. The van der Waals surface area contributed by atoms with Crippen molar-refractivity contribution >= 4 is 10.1 Å². The first kappa shape index (κ1) is 24.8. The van der Waals surface area contributed by atoms with E-state index in [0.29, 0.717) is 12.8 Å².